The van der Waals surface area contributed by atoms with Crippen LogP contribution in [-0.4, -0.2) is 65.5 Å². The van der Waals surface area contributed by atoms with Crippen LogP contribution in [0.25, 0.3) is 0 Å². The summed E-state index contributed by atoms with van der Waals surface area (Å²) in [5.74, 6) is 0.372. The lowest BCUT2D eigenvalue weighted by Crippen LogP contribution is -2.40. The molecule has 11 nitrogen and oxygen atoms in total. The number of benzene rings is 2. The number of nitrogens with one attached hydrogen (secondary N) is 1. The van der Waals surface area contributed by atoms with Crippen LogP contribution in [0, 0.1) is 17.0 Å². The van der Waals surface area contributed by atoms with Crippen molar-refractivity contribution < 1.29 is 31.2 Å². The largest absolute Gasteiger partial charge is 0.492 e. The Morgan fingerprint density at radius 2 is 1.75 bits per heavy atom. The third-order valence-corrected chi connectivity index (χ3v) is 8.28. The van der Waals surface area contributed by atoms with Crippen molar-refractivity contribution in [1.82, 2.24) is 9.03 Å². The van der Waals surface area contributed by atoms with Crippen LogP contribution in [-0.2, 0) is 24.8 Å². The number of sulfonamides is 2. The minimum absolute atomic E-state index is 0.0250. The van der Waals surface area contributed by atoms with Gasteiger partial charge in [-0.3, -0.25) is 10.1 Å². The molecular formula is C19H23N3O8S2. The fourth-order valence-corrected chi connectivity index (χ4v) is 5.74. The zero-order valence-corrected chi connectivity index (χ0v) is 18.9. The second-order valence-corrected chi connectivity index (χ2v) is 10.6. The number of nitro benzene ring substituents is 1. The van der Waals surface area contributed by atoms with Gasteiger partial charge in [-0.05, 0) is 36.8 Å². The minimum atomic E-state index is -3.97. The molecular weight excluding hydrogens is 462 g/mol. The molecule has 0 bridgehead atoms. The molecule has 2 aromatic carbocycles. The summed E-state index contributed by atoms with van der Waals surface area (Å²) in [6.07, 6.45) is 0. The molecule has 1 heterocycles. The summed E-state index contributed by atoms with van der Waals surface area (Å²) in [7, 11) is -7.58. The number of hydrogen-bond donors (Lipinski definition) is 1. The first-order chi connectivity index (χ1) is 15.1. The van der Waals surface area contributed by atoms with Gasteiger partial charge in [-0.1, -0.05) is 6.07 Å². The van der Waals surface area contributed by atoms with Gasteiger partial charge in [0, 0.05) is 31.8 Å². The molecule has 0 saturated carbocycles. The summed E-state index contributed by atoms with van der Waals surface area (Å²) < 4.78 is 64.5. The summed E-state index contributed by atoms with van der Waals surface area (Å²) in [5, 5.41) is 10.9. The lowest BCUT2D eigenvalue weighted by Gasteiger charge is -2.26. The molecule has 2 aromatic rings. The summed E-state index contributed by atoms with van der Waals surface area (Å²) in [6.45, 7) is 2.73. The molecule has 174 valence electrons. The molecule has 3 rings (SSSR count). The van der Waals surface area contributed by atoms with E-state index >= 15 is 0 Å². The Morgan fingerprint density at radius 1 is 1.09 bits per heavy atom. The lowest BCUT2D eigenvalue weighted by molar-refractivity contribution is -0.385. The molecule has 13 heteroatoms. The molecule has 0 unspecified atom stereocenters. The summed E-state index contributed by atoms with van der Waals surface area (Å²) in [4.78, 5) is 10.2. The van der Waals surface area contributed by atoms with Gasteiger partial charge >= 0.3 is 0 Å². The van der Waals surface area contributed by atoms with E-state index in [9.17, 15) is 26.9 Å². The maximum absolute atomic E-state index is 12.6. The van der Waals surface area contributed by atoms with E-state index in [1.807, 2.05) is 0 Å². The Hall–Kier alpha value is -2.58. The Balaban J connectivity index is 1.57. The first-order valence-corrected chi connectivity index (χ1v) is 12.6. The number of rotatable bonds is 9. The Bertz CT molecular complexity index is 1180. The van der Waals surface area contributed by atoms with E-state index in [4.69, 9.17) is 9.47 Å². The molecule has 0 amide bonds. The molecule has 0 aromatic heterocycles. The average Bonchev–Trinajstić information content (AvgIpc) is 2.77. The number of morpholine rings is 1. The van der Waals surface area contributed by atoms with Crippen LogP contribution in [0.2, 0.25) is 0 Å². The first kappa shape index (κ1) is 24.1. The molecule has 1 saturated heterocycles. The Kier molecular flexibility index (Phi) is 7.46. The minimum Gasteiger partial charge on any atom is -0.492 e. The van der Waals surface area contributed by atoms with Crippen molar-refractivity contribution in [1.29, 1.82) is 0 Å². The van der Waals surface area contributed by atoms with Crippen molar-refractivity contribution in [3.8, 4) is 5.75 Å². The summed E-state index contributed by atoms with van der Waals surface area (Å²) >= 11 is 0. The number of aryl methyl sites for hydroxylation is 1. The maximum atomic E-state index is 12.6. The summed E-state index contributed by atoms with van der Waals surface area (Å²) in [5.41, 5.74) is 0.0560. The zero-order valence-electron chi connectivity index (χ0n) is 17.3. The topological polar surface area (TPSA) is 145 Å². The molecule has 1 aliphatic rings. The van der Waals surface area contributed by atoms with Gasteiger partial charge in [0.1, 0.15) is 12.4 Å². The predicted molar refractivity (Wildman–Crippen MR) is 115 cm³/mol. The van der Waals surface area contributed by atoms with E-state index in [0.717, 1.165) is 6.07 Å². The standard InChI is InChI=1S/C19H23N3O8S2/c1-15-2-3-16(22(23)24)14-19(15)31(25,26)20-8-11-30-17-4-6-18(7-5-17)32(27,28)21-9-12-29-13-10-21/h2-7,14,20H,8-13H2,1H3. The van der Waals surface area contributed by atoms with E-state index in [1.54, 1.807) is 6.92 Å². The molecule has 0 atom stereocenters. The highest BCUT2D eigenvalue weighted by molar-refractivity contribution is 7.89. The van der Waals surface area contributed by atoms with Crippen LogP contribution in [0.15, 0.2) is 52.3 Å². The highest BCUT2D eigenvalue weighted by atomic mass is 32.2. The molecule has 0 spiro atoms. The number of non-ortho nitro benzene ring substituents is 1. The van der Waals surface area contributed by atoms with Gasteiger partial charge in [0.05, 0.1) is 27.9 Å². The van der Waals surface area contributed by atoms with Gasteiger partial charge in [0.15, 0.2) is 0 Å². The zero-order chi connectivity index (χ0) is 23.4. The van der Waals surface area contributed by atoms with E-state index in [0.29, 0.717) is 37.6 Å². The number of hydrogen-bond acceptors (Lipinski definition) is 8. The highest BCUT2D eigenvalue weighted by Crippen LogP contribution is 2.22. The molecule has 1 N–H and O–H groups in total. The smallest absolute Gasteiger partial charge is 0.270 e. The van der Waals surface area contributed by atoms with Crippen LogP contribution in [0.4, 0.5) is 5.69 Å². The van der Waals surface area contributed by atoms with Crippen LogP contribution >= 0.6 is 0 Å². The average molecular weight is 486 g/mol. The number of nitro groups is 1. The van der Waals surface area contributed by atoms with E-state index in [1.165, 1.54) is 40.7 Å². The molecule has 32 heavy (non-hydrogen) atoms. The van der Waals surface area contributed by atoms with Gasteiger partial charge in [0.25, 0.3) is 5.69 Å². The molecule has 0 aliphatic carbocycles. The third kappa shape index (κ3) is 5.61. The lowest BCUT2D eigenvalue weighted by atomic mass is 10.2. The van der Waals surface area contributed by atoms with Gasteiger partial charge < -0.3 is 9.47 Å². The summed E-state index contributed by atoms with van der Waals surface area (Å²) in [6, 6.07) is 9.45. The highest BCUT2D eigenvalue weighted by Gasteiger charge is 2.26. The monoisotopic (exact) mass is 485 g/mol. The molecule has 1 aliphatic heterocycles. The van der Waals surface area contributed by atoms with Crippen LogP contribution in [0.5, 0.6) is 5.75 Å². The van der Waals surface area contributed by atoms with Gasteiger partial charge in [-0.25, -0.2) is 21.6 Å². The van der Waals surface area contributed by atoms with E-state index in [2.05, 4.69) is 4.72 Å². The van der Waals surface area contributed by atoms with Gasteiger partial charge in [-0.15, -0.1) is 0 Å². The number of nitrogens with zero attached hydrogens (tertiary/aromatic N) is 2. The van der Waals surface area contributed by atoms with Crippen LogP contribution in [0.1, 0.15) is 5.56 Å². The van der Waals surface area contributed by atoms with Crippen LogP contribution < -0.4 is 9.46 Å². The van der Waals surface area contributed by atoms with Gasteiger partial charge in [0.2, 0.25) is 20.0 Å². The van der Waals surface area contributed by atoms with Crippen LogP contribution in [0.3, 0.4) is 0 Å². The maximum Gasteiger partial charge on any atom is 0.270 e. The van der Waals surface area contributed by atoms with E-state index in [-0.39, 0.29) is 28.6 Å². The van der Waals surface area contributed by atoms with Gasteiger partial charge in [-0.2, -0.15) is 4.31 Å². The Labute approximate surface area is 186 Å². The van der Waals surface area contributed by atoms with Crippen molar-refractivity contribution >= 4 is 25.7 Å². The van der Waals surface area contributed by atoms with Crippen molar-refractivity contribution in [3.05, 3.63) is 58.1 Å². The number of ether oxygens (including phenoxy) is 2. The van der Waals surface area contributed by atoms with Crippen molar-refractivity contribution in [2.45, 2.75) is 16.7 Å². The quantitative estimate of drug-likeness (QED) is 0.318. The normalized spacial score (nSPS) is 15.4. The second kappa shape index (κ2) is 9.92. The van der Waals surface area contributed by atoms with Crippen molar-refractivity contribution in [2.24, 2.45) is 0 Å². The SMILES string of the molecule is Cc1ccc([N+](=O)[O-])cc1S(=O)(=O)NCCOc1ccc(S(=O)(=O)N2CCOCC2)cc1. The van der Waals surface area contributed by atoms with Crippen molar-refractivity contribution in [2.75, 3.05) is 39.5 Å². The fraction of sp³-hybridized carbons (Fsp3) is 0.368. The third-order valence-electron chi connectivity index (χ3n) is 4.77. The second-order valence-electron chi connectivity index (χ2n) is 6.94. The fourth-order valence-electron chi connectivity index (χ4n) is 3.06. The predicted octanol–water partition coefficient (Wildman–Crippen LogP) is 1.28. The molecule has 0 radical (unpaired) electrons. The molecule has 1 fully saturated rings. The Morgan fingerprint density at radius 3 is 2.38 bits per heavy atom. The first-order valence-electron chi connectivity index (χ1n) is 9.67. The van der Waals surface area contributed by atoms with Crippen molar-refractivity contribution in [3.63, 3.8) is 0 Å². The van der Waals surface area contributed by atoms with E-state index < -0.39 is 25.0 Å².